The minimum atomic E-state index is -0.979. The minimum Gasteiger partial charge on any atom is -0.370 e. The molecule has 5 nitrogen and oxygen atoms in total. The molecule has 2 aliphatic rings. The molecule has 0 aliphatic carbocycles. The van der Waals surface area contributed by atoms with Gasteiger partial charge in [-0.3, -0.25) is 9.59 Å². The number of amides is 2. The van der Waals surface area contributed by atoms with E-state index in [1.54, 1.807) is 0 Å². The highest BCUT2D eigenvalue weighted by molar-refractivity contribution is 5.79. The van der Waals surface area contributed by atoms with Gasteiger partial charge in [0.1, 0.15) is 0 Å². The number of benzene rings is 2. The number of nitrogens with one attached hydrogen (secondary N) is 1. The fraction of sp³-hybridized carbons (Fsp3) is 0.440. The zero-order valence-electron chi connectivity index (χ0n) is 18.0. The number of carbonyl (C=O) groups is 2. The van der Waals surface area contributed by atoms with Crippen LogP contribution in [-0.4, -0.2) is 48.1 Å². The summed E-state index contributed by atoms with van der Waals surface area (Å²) < 4.78 is 33.3. The SMILES string of the molecule is O=C(Cc1cccc(F)c1F)NCC1CCC2(CCN(C(=O)Cc3ccccc3)CC2)O1. The number of carbonyl (C=O) groups excluding carboxylic acids is 2. The predicted molar refractivity (Wildman–Crippen MR) is 116 cm³/mol. The quantitative estimate of drug-likeness (QED) is 0.746. The van der Waals surface area contributed by atoms with Crippen molar-refractivity contribution in [1.82, 2.24) is 10.2 Å². The lowest BCUT2D eigenvalue weighted by Gasteiger charge is -2.39. The van der Waals surface area contributed by atoms with Gasteiger partial charge in [-0.25, -0.2) is 8.78 Å². The van der Waals surface area contributed by atoms with Crippen molar-refractivity contribution in [3.8, 4) is 0 Å². The number of rotatable bonds is 6. The summed E-state index contributed by atoms with van der Waals surface area (Å²) in [6.07, 6.45) is 3.39. The molecule has 32 heavy (non-hydrogen) atoms. The van der Waals surface area contributed by atoms with E-state index in [4.69, 9.17) is 4.74 Å². The van der Waals surface area contributed by atoms with Crippen LogP contribution in [0.1, 0.15) is 36.8 Å². The first-order chi connectivity index (χ1) is 15.4. The highest BCUT2D eigenvalue weighted by Crippen LogP contribution is 2.38. The van der Waals surface area contributed by atoms with E-state index in [0.717, 1.165) is 37.3 Å². The highest BCUT2D eigenvalue weighted by Gasteiger charge is 2.43. The molecule has 0 radical (unpaired) electrons. The van der Waals surface area contributed by atoms with Crippen molar-refractivity contribution >= 4 is 11.8 Å². The third kappa shape index (κ3) is 5.33. The smallest absolute Gasteiger partial charge is 0.226 e. The third-order valence-electron chi connectivity index (χ3n) is 6.47. The van der Waals surface area contributed by atoms with Gasteiger partial charge in [0.25, 0.3) is 0 Å². The van der Waals surface area contributed by atoms with Crippen LogP contribution >= 0.6 is 0 Å². The normalized spacial score (nSPS) is 19.8. The van der Waals surface area contributed by atoms with Gasteiger partial charge in [-0.15, -0.1) is 0 Å². The largest absolute Gasteiger partial charge is 0.370 e. The second-order valence-electron chi connectivity index (χ2n) is 8.70. The molecule has 7 heteroatoms. The maximum Gasteiger partial charge on any atom is 0.226 e. The van der Waals surface area contributed by atoms with Crippen molar-refractivity contribution in [2.24, 2.45) is 0 Å². The van der Waals surface area contributed by atoms with Gasteiger partial charge in [-0.05, 0) is 37.3 Å². The van der Waals surface area contributed by atoms with E-state index in [9.17, 15) is 18.4 Å². The van der Waals surface area contributed by atoms with Crippen molar-refractivity contribution in [3.05, 3.63) is 71.3 Å². The first-order valence-corrected chi connectivity index (χ1v) is 11.1. The van der Waals surface area contributed by atoms with Crippen LogP contribution in [0.3, 0.4) is 0 Å². The summed E-state index contributed by atoms with van der Waals surface area (Å²) in [4.78, 5) is 26.7. The molecule has 2 amide bonds. The Bertz CT molecular complexity index is 959. The van der Waals surface area contributed by atoms with Crippen molar-refractivity contribution < 1.29 is 23.1 Å². The number of hydrogen-bond donors (Lipinski definition) is 1. The van der Waals surface area contributed by atoms with Crippen LogP contribution in [0.5, 0.6) is 0 Å². The van der Waals surface area contributed by atoms with Gasteiger partial charge in [-0.1, -0.05) is 42.5 Å². The van der Waals surface area contributed by atoms with Gasteiger partial charge in [0, 0.05) is 25.2 Å². The molecule has 1 N–H and O–H groups in total. The number of nitrogens with zero attached hydrogens (tertiary/aromatic N) is 1. The molecule has 2 saturated heterocycles. The van der Waals surface area contributed by atoms with Crippen molar-refractivity contribution in [2.45, 2.75) is 50.2 Å². The van der Waals surface area contributed by atoms with Gasteiger partial charge in [0.15, 0.2) is 11.6 Å². The van der Waals surface area contributed by atoms with E-state index in [0.29, 0.717) is 26.1 Å². The van der Waals surface area contributed by atoms with Gasteiger partial charge < -0.3 is 15.0 Å². The van der Waals surface area contributed by atoms with Gasteiger partial charge in [0.2, 0.25) is 11.8 Å². The van der Waals surface area contributed by atoms with Crippen molar-refractivity contribution in [1.29, 1.82) is 0 Å². The average molecular weight is 443 g/mol. The van der Waals surface area contributed by atoms with Crippen LogP contribution in [0.2, 0.25) is 0 Å². The molecule has 1 spiro atoms. The molecule has 0 bridgehead atoms. The summed E-state index contributed by atoms with van der Waals surface area (Å²) >= 11 is 0. The van der Waals surface area contributed by atoms with Crippen LogP contribution in [0, 0.1) is 11.6 Å². The highest BCUT2D eigenvalue weighted by atomic mass is 19.2. The molecule has 2 aromatic rings. The van der Waals surface area contributed by atoms with Crippen LogP contribution in [0.4, 0.5) is 8.78 Å². The topological polar surface area (TPSA) is 58.6 Å². The van der Waals surface area contributed by atoms with E-state index in [1.807, 2.05) is 35.2 Å². The molecule has 1 atom stereocenters. The monoisotopic (exact) mass is 442 g/mol. The fourth-order valence-corrected chi connectivity index (χ4v) is 4.60. The maximum absolute atomic E-state index is 13.7. The maximum atomic E-state index is 13.7. The van der Waals surface area contributed by atoms with Crippen LogP contribution in [-0.2, 0) is 27.2 Å². The lowest BCUT2D eigenvalue weighted by molar-refractivity contribution is -0.137. The Hall–Kier alpha value is -2.80. The molecule has 4 rings (SSSR count). The molecule has 2 aromatic carbocycles. The van der Waals surface area contributed by atoms with Gasteiger partial charge in [0.05, 0.1) is 24.5 Å². The Morgan fingerprint density at radius 1 is 1.00 bits per heavy atom. The van der Waals surface area contributed by atoms with Gasteiger partial charge in [-0.2, -0.15) is 0 Å². The second-order valence-corrected chi connectivity index (χ2v) is 8.70. The number of hydrogen-bond acceptors (Lipinski definition) is 3. The summed E-state index contributed by atoms with van der Waals surface area (Å²) in [5.74, 6) is -2.16. The molecule has 170 valence electrons. The zero-order valence-corrected chi connectivity index (χ0v) is 18.0. The Kier molecular flexibility index (Phi) is 6.84. The number of ether oxygens (including phenoxy) is 1. The van der Waals surface area contributed by atoms with E-state index in [2.05, 4.69) is 5.32 Å². The first-order valence-electron chi connectivity index (χ1n) is 11.1. The Labute approximate surface area is 186 Å². The number of halogens is 2. The lowest BCUT2D eigenvalue weighted by atomic mass is 9.88. The molecule has 1 unspecified atom stereocenters. The summed E-state index contributed by atoms with van der Waals surface area (Å²) in [7, 11) is 0. The molecule has 0 saturated carbocycles. The molecule has 2 heterocycles. The lowest BCUT2D eigenvalue weighted by Crippen LogP contribution is -2.47. The molecule has 2 fully saturated rings. The Balaban J connectivity index is 1.21. The molecular formula is C25H28F2N2O3. The van der Waals surface area contributed by atoms with E-state index >= 15 is 0 Å². The summed E-state index contributed by atoms with van der Waals surface area (Å²) in [6.45, 7) is 1.68. The van der Waals surface area contributed by atoms with Crippen LogP contribution in [0.25, 0.3) is 0 Å². The van der Waals surface area contributed by atoms with Crippen molar-refractivity contribution in [3.63, 3.8) is 0 Å². The van der Waals surface area contributed by atoms with E-state index in [1.165, 1.54) is 12.1 Å². The zero-order chi connectivity index (χ0) is 22.6. The summed E-state index contributed by atoms with van der Waals surface area (Å²) in [5, 5.41) is 2.78. The van der Waals surface area contributed by atoms with Gasteiger partial charge >= 0.3 is 0 Å². The molecule has 2 aliphatic heterocycles. The summed E-state index contributed by atoms with van der Waals surface area (Å²) in [5.41, 5.74) is 0.816. The molecular weight excluding hydrogens is 414 g/mol. The Morgan fingerprint density at radius 2 is 1.75 bits per heavy atom. The number of piperidine rings is 1. The van der Waals surface area contributed by atoms with Crippen molar-refractivity contribution in [2.75, 3.05) is 19.6 Å². The minimum absolute atomic E-state index is 0.0406. The molecule has 0 aromatic heterocycles. The first kappa shape index (κ1) is 22.4. The van der Waals surface area contributed by atoms with E-state index < -0.39 is 11.6 Å². The third-order valence-corrected chi connectivity index (χ3v) is 6.47. The summed E-state index contributed by atoms with van der Waals surface area (Å²) in [6, 6.07) is 13.6. The van der Waals surface area contributed by atoms with Crippen LogP contribution in [0.15, 0.2) is 48.5 Å². The standard InChI is InChI=1S/C25H28F2N2O3/c26-21-8-4-7-19(24(21)27)16-22(30)28-17-20-9-10-25(32-20)11-13-29(14-12-25)23(31)15-18-5-2-1-3-6-18/h1-8,20H,9-17H2,(H,28,30). The fourth-order valence-electron chi connectivity index (χ4n) is 4.60. The average Bonchev–Trinajstić information content (AvgIpc) is 3.19. The number of likely N-dealkylation sites (tertiary alicyclic amines) is 1. The van der Waals surface area contributed by atoms with Crippen LogP contribution < -0.4 is 5.32 Å². The Morgan fingerprint density at radius 3 is 2.50 bits per heavy atom. The second kappa shape index (κ2) is 9.77. The van der Waals surface area contributed by atoms with E-state index in [-0.39, 0.29) is 35.5 Å². The predicted octanol–water partition coefficient (Wildman–Crippen LogP) is 3.41.